The minimum Gasteiger partial charge on any atom is -0.493 e. The van der Waals surface area contributed by atoms with E-state index < -0.39 is 34.5 Å². The Bertz CT molecular complexity index is 1010. The van der Waals surface area contributed by atoms with Crippen LogP contribution in [0.2, 0.25) is 0 Å². The zero-order valence-electron chi connectivity index (χ0n) is 17.4. The van der Waals surface area contributed by atoms with E-state index in [0.29, 0.717) is 17.7 Å². The van der Waals surface area contributed by atoms with Crippen molar-refractivity contribution in [2.45, 2.75) is 32.2 Å². The molecule has 0 saturated carbocycles. The molecule has 0 aromatic heterocycles. The lowest BCUT2D eigenvalue weighted by Crippen LogP contribution is -2.58. The third-order valence-electron chi connectivity index (χ3n) is 6.31. The molecular formula is C21H22N4O5. The first-order valence-corrected chi connectivity index (χ1v) is 9.31. The summed E-state index contributed by atoms with van der Waals surface area (Å²) in [6.07, 6.45) is -0.945. The van der Waals surface area contributed by atoms with E-state index in [4.69, 9.17) is 29.1 Å². The van der Waals surface area contributed by atoms with E-state index in [2.05, 4.69) is 6.07 Å². The molecular weight excluding hydrogens is 388 g/mol. The van der Waals surface area contributed by atoms with Gasteiger partial charge < -0.3 is 23.7 Å². The Balaban J connectivity index is 2.39. The van der Waals surface area contributed by atoms with E-state index in [-0.39, 0.29) is 11.5 Å². The molecule has 9 nitrogen and oxygen atoms in total. The van der Waals surface area contributed by atoms with Gasteiger partial charge in [-0.25, -0.2) is 0 Å². The first-order valence-electron chi connectivity index (χ1n) is 9.31. The van der Waals surface area contributed by atoms with Gasteiger partial charge in [0.05, 0.1) is 45.5 Å². The molecule has 9 heteroatoms. The molecule has 0 aliphatic carbocycles. The number of methoxy groups -OCH3 is 3. The van der Waals surface area contributed by atoms with Gasteiger partial charge in [-0.1, -0.05) is 13.8 Å². The van der Waals surface area contributed by atoms with Crippen LogP contribution in [0.4, 0.5) is 0 Å². The Morgan fingerprint density at radius 1 is 1.03 bits per heavy atom. The highest BCUT2D eigenvalue weighted by Crippen LogP contribution is 2.68. The lowest BCUT2D eigenvalue weighted by molar-refractivity contribution is -0.280. The van der Waals surface area contributed by atoms with Crippen molar-refractivity contribution in [2.24, 2.45) is 16.7 Å². The van der Waals surface area contributed by atoms with Crippen molar-refractivity contribution in [1.82, 2.24) is 0 Å². The third kappa shape index (κ3) is 2.20. The lowest BCUT2D eigenvalue weighted by atomic mass is 9.53. The van der Waals surface area contributed by atoms with Crippen molar-refractivity contribution in [3.05, 3.63) is 17.7 Å². The van der Waals surface area contributed by atoms with Crippen molar-refractivity contribution >= 4 is 5.90 Å². The summed E-state index contributed by atoms with van der Waals surface area (Å²) >= 11 is 0. The number of nitrogens with one attached hydrogen (secondary N) is 1. The van der Waals surface area contributed by atoms with E-state index >= 15 is 0 Å². The molecule has 4 unspecified atom stereocenters. The Hall–Kier alpha value is -3.48. The molecule has 2 saturated heterocycles. The fourth-order valence-corrected chi connectivity index (χ4v) is 4.65. The van der Waals surface area contributed by atoms with Crippen LogP contribution in [0.3, 0.4) is 0 Å². The van der Waals surface area contributed by atoms with E-state index in [1.165, 1.54) is 21.3 Å². The van der Waals surface area contributed by atoms with Gasteiger partial charge in [0.1, 0.15) is 6.10 Å². The van der Waals surface area contributed by atoms with Crippen LogP contribution in [0.1, 0.15) is 31.9 Å². The SMILES string of the molecule is CCC12OC(=N)C(C#N)(C1C)C(C#N)(C#N)C(c1ccc(OC)c(OC)c1OC)O2. The molecule has 2 heterocycles. The van der Waals surface area contributed by atoms with Crippen molar-refractivity contribution < 1.29 is 23.7 Å². The Morgan fingerprint density at radius 2 is 1.67 bits per heavy atom. The summed E-state index contributed by atoms with van der Waals surface area (Å²) in [5.41, 5.74) is -3.57. The van der Waals surface area contributed by atoms with E-state index in [0.717, 1.165) is 0 Å². The van der Waals surface area contributed by atoms with E-state index in [1.807, 2.05) is 12.1 Å². The van der Waals surface area contributed by atoms with Gasteiger partial charge in [-0.3, -0.25) is 5.41 Å². The van der Waals surface area contributed by atoms with Gasteiger partial charge in [0.2, 0.25) is 22.8 Å². The molecule has 0 radical (unpaired) electrons. The normalized spacial score (nSPS) is 30.9. The summed E-state index contributed by atoms with van der Waals surface area (Å²) in [4.78, 5) is 0. The molecule has 1 aromatic rings. The topological polar surface area (TPSA) is 141 Å². The average molecular weight is 410 g/mol. The Labute approximate surface area is 174 Å². The largest absolute Gasteiger partial charge is 0.493 e. The van der Waals surface area contributed by atoms with Crippen molar-refractivity contribution in [3.8, 4) is 35.5 Å². The molecule has 156 valence electrons. The zero-order chi connectivity index (χ0) is 22.3. The van der Waals surface area contributed by atoms with E-state index in [9.17, 15) is 15.8 Å². The van der Waals surface area contributed by atoms with Gasteiger partial charge >= 0.3 is 0 Å². The molecule has 0 amide bonds. The third-order valence-corrected chi connectivity index (χ3v) is 6.31. The van der Waals surface area contributed by atoms with Crippen LogP contribution in [0.15, 0.2) is 12.1 Å². The summed E-state index contributed by atoms with van der Waals surface area (Å²) in [5, 5.41) is 39.1. The summed E-state index contributed by atoms with van der Waals surface area (Å²) in [7, 11) is 4.31. The van der Waals surface area contributed by atoms with Gasteiger partial charge in [-0.05, 0) is 12.1 Å². The monoisotopic (exact) mass is 410 g/mol. The minimum atomic E-state index is -2.07. The van der Waals surface area contributed by atoms with Gasteiger partial charge in [-0.15, -0.1) is 0 Å². The van der Waals surface area contributed by atoms with Crippen LogP contribution in [-0.2, 0) is 9.47 Å². The van der Waals surface area contributed by atoms with Crippen LogP contribution >= 0.6 is 0 Å². The van der Waals surface area contributed by atoms with Crippen LogP contribution in [0.25, 0.3) is 0 Å². The minimum absolute atomic E-state index is 0.205. The zero-order valence-corrected chi connectivity index (χ0v) is 17.4. The Kier molecular flexibility index (Phi) is 5.02. The summed E-state index contributed by atoms with van der Waals surface area (Å²) < 4.78 is 28.3. The highest BCUT2D eigenvalue weighted by atomic mass is 16.7. The van der Waals surface area contributed by atoms with Crippen LogP contribution in [0, 0.1) is 56.2 Å². The van der Waals surface area contributed by atoms with Crippen molar-refractivity contribution in [2.75, 3.05) is 21.3 Å². The number of fused-ring (bicyclic) bond motifs is 2. The fourth-order valence-electron chi connectivity index (χ4n) is 4.65. The standard InChI is InChI=1S/C21H22N4O5/c1-6-21-12(2)20(11-24,18(25)30-21)19(9-22,10-23)17(29-21)13-7-8-14(26-3)16(28-5)15(13)27-4/h7-8,12,17,25H,6H2,1-5H3. The number of benzene rings is 1. The van der Waals surface area contributed by atoms with Crippen molar-refractivity contribution in [1.29, 1.82) is 21.2 Å². The first kappa shape index (κ1) is 21.2. The first-order chi connectivity index (χ1) is 14.3. The van der Waals surface area contributed by atoms with E-state index in [1.54, 1.807) is 26.0 Å². The molecule has 3 rings (SSSR count). The number of nitriles is 3. The second-order valence-electron chi connectivity index (χ2n) is 7.19. The second-order valence-corrected chi connectivity index (χ2v) is 7.19. The smallest absolute Gasteiger partial charge is 0.217 e. The molecule has 2 aliphatic heterocycles. The molecule has 4 atom stereocenters. The molecule has 1 aromatic carbocycles. The van der Waals surface area contributed by atoms with Crippen LogP contribution in [0.5, 0.6) is 17.2 Å². The average Bonchev–Trinajstić information content (AvgIpc) is 2.93. The van der Waals surface area contributed by atoms with Gasteiger partial charge in [0.15, 0.2) is 16.9 Å². The van der Waals surface area contributed by atoms with Gasteiger partial charge in [0, 0.05) is 12.0 Å². The van der Waals surface area contributed by atoms with Gasteiger partial charge in [0.25, 0.3) is 0 Å². The molecule has 2 aliphatic rings. The molecule has 0 spiro atoms. The molecule has 1 N–H and O–H groups in total. The second kappa shape index (κ2) is 7.09. The number of hydrogen-bond acceptors (Lipinski definition) is 9. The highest BCUT2D eigenvalue weighted by molar-refractivity contribution is 5.89. The maximum Gasteiger partial charge on any atom is 0.217 e. The summed E-state index contributed by atoms with van der Waals surface area (Å²) in [6, 6.07) is 9.27. The predicted octanol–water partition coefficient (Wildman–Crippen LogP) is 3.08. The van der Waals surface area contributed by atoms with Gasteiger partial charge in [-0.2, -0.15) is 15.8 Å². The predicted molar refractivity (Wildman–Crippen MR) is 103 cm³/mol. The maximum absolute atomic E-state index is 10.2. The number of nitrogens with zero attached hydrogens (tertiary/aromatic N) is 3. The fraction of sp³-hybridized carbons (Fsp3) is 0.524. The summed E-state index contributed by atoms with van der Waals surface area (Å²) in [6.45, 7) is 3.46. The Morgan fingerprint density at radius 3 is 2.13 bits per heavy atom. The molecule has 2 bridgehead atoms. The number of hydrogen-bond donors (Lipinski definition) is 1. The summed E-state index contributed by atoms with van der Waals surface area (Å²) in [5.74, 6) is -1.67. The molecule has 2 fully saturated rings. The quantitative estimate of drug-likeness (QED) is 0.780. The van der Waals surface area contributed by atoms with Crippen LogP contribution in [-0.4, -0.2) is 33.0 Å². The highest BCUT2D eigenvalue weighted by Gasteiger charge is 2.79. The maximum atomic E-state index is 10.2. The molecule has 30 heavy (non-hydrogen) atoms. The lowest BCUT2D eigenvalue weighted by Gasteiger charge is -2.48. The number of ether oxygens (including phenoxy) is 5. The number of rotatable bonds is 5. The van der Waals surface area contributed by atoms with Crippen molar-refractivity contribution in [3.63, 3.8) is 0 Å². The van der Waals surface area contributed by atoms with Crippen LogP contribution < -0.4 is 14.2 Å².